The van der Waals surface area contributed by atoms with Gasteiger partial charge in [-0.2, -0.15) is 13.2 Å². The average molecular weight is 368 g/mol. The molecule has 0 aliphatic rings. The minimum absolute atomic E-state index is 0.0140. The Labute approximate surface area is 127 Å². The van der Waals surface area contributed by atoms with E-state index in [4.69, 9.17) is 10.9 Å². The van der Waals surface area contributed by atoms with Crippen molar-refractivity contribution < 1.29 is 23.2 Å². The van der Waals surface area contributed by atoms with Crippen LogP contribution in [0.3, 0.4) is 0 Å². The minimum atomic E-state index is -4.65. The zero-order valence-corrected chi connectivity index (χ0v) is 12.5. The van der Waals surface area contributed by atoms with E-state index in [9.17, 15) is 18.0 Å². The Morgan fingerprint density at radius 3 is 2.67 bits per heavy atom. The molecule has 1 amide bonds. The van der Waals surface area contributed by atoms with Crippen molar-refractivity contribution in [1.82, 2.24) is 5.32 Å². The second kappa shape index (κ2) is 6.79. The molecule has 116 valence electrons. The van der Waals surface area contributed by atoms with Crippen molar-refractivity contribution >= 4 is 27.7 Å². The van der Waals surface area contributed by atoms with Crippen LogP contribution in [-0.4, -0.2) is 23.0 Å². The highest BCUT2D eigenvalue weighted by Gasteiger charge is 2.35. The number of nitrogens with two attached hydrogens (primary N) is 1. The van der Waals surface area contributed by atoms with Gasteiger partial charge in [0.05, 0.1) is 11.1 Å². The molecule has 0 spiro atoms. The van der Waals surface area contributed by atoms with E-state index in [0.717, 1.165) is 12.1 Å². The third-order valence-electron chi connectivity index (χ3n) is 2.55. The van der Waals surface area contributed by atoms with Crippen LogP contribution in [0.2, 0.25) is 0 Å². The van der Waals surface area contributed by atoms with E-state index < -0.39 is 29.3 Å². The lowest BCUT2D eigenvalue weighted by atomic mass is 10.1. The van der Waals surface area contributed by atoms with Gasteiger partial charge in [-0.05, 0) is 25.1 Å². The van der Waals surface area contributed by atoms with Crippen molar-refractivity contribution in [2.45, 2.75) is 25.6 Å². The molecule has 1 aromatic carbocycles. The first-order chi connectivity index (χ1) is 9.65. The molecular weight excluding hydrogens is 355 g/mol. The Bertz CT molecular complexity index is 561. The Kier molecular flexibility index (Phi) is 5.59. The molecular formula is C12H13BrF3N3O2. The Balaban J connectivity index is 2.98. The number of nitrogens with one attached hydrogen (secondary N) is 1. The summed E-state index contributed by atoms with van der Waals surface area (Å²) >= 11 is 2.94. The molecule has 1 aromatic rings. The molecule has 9 heteroatoms. The number of nitrogens with zero attached hydrogens (tertiary/aromatic N) is 1. The van der Waals surface area contributed by atoms with Crippen molar-refractivity contribution in [3.8, 4) is 0 Å². The molecule has 0 aliphatic carbocycles. The van der Waals surface area contributed by atoms with Crippen LogP contribution in [0.15, 0.2) is 27.8 Å². The molecule has 0 aliphatic heterocycles. The van der Waals surface area contributed by atoms with Gasteiger partial charge in [-0.1, -0.05) is 21.1 Å². The molecule has 21 heavy (non-hydrogen) atoms. The Morgan fingerprint density at radius 2 is 2.14 bits per heavy atom. The van der Waals surface area contributed by atoms with E-state index in [2.05, 4.69) is 26.4 Å². The van der Waals surface area contributed by atoms with E-state index in [1.165, 1.54) is 13.0 Å². The molecule has 0 radical (unpaired) electrons. The van der Waals surface area contributed by atoms with Crippen molar-refractivity contribution in [1.29, 1.82) is 0 Å². The maximum atomic E-state index is 12.9. The second-order valence-corrected chi connectivity index (χ2v) is 5.27. The highest BCUT2D eigenvalue weighted by molar-refractivity contribution is 9.10. The molecule has 0 heterocycles. The molecule has 4 N–H and O–H groups in total. The summed E-state index contributed by atoms with van der Waals surface area (Å²) in [6.07, 6.45) is -4.63. The van der Waals surface area contributed by atoms with E-state index in [0.29, 0.717) is 0 Å². The Hall–Kier alpha value is -1.77. The first-order valence-electron chi connectivity index (χ1n) is 5.79. The number of amidine groups is 1. The standard InChI is InChI=1S/C12H13BrF3N3O2/c1-6(4-10(17)19-21)18-11(20)8-3-2-7(13)5-9(8)12(14,15)16/h2-3,5-6,21H,4H2,1H3,(H2,17,19)(H,18,20). The van der Waals surface area contributed by atoms with Gasteiger partial charge in [-0.15, -0.1) is 0 Å². The van der Waals surface area contributed by atoms with Gasteiger partial charge < -0.3 is 16.3 Å². The largest absolute Gasteiger partial charge is 0.417 e. The summed E-state index contributed by atoms with van der Waals surface area (Å²) in [6, 6.07) is 2.68. The molecule has 0 saturated carbocycles. The normalized spacial score (nSPS) is 13.9. The van der Waals surface area contributed by atoms with Crippen molar-refractivity contribution in [3.05, 3.63) is 33.8 Å². The molecule has 5 nitrogen and oxygen atoms in total. The topological polar surface area (TPSA) is 87.7 Å². The minimum Gasteiger partial charge on any atom is -0.409 e. The highest BCUT2D eigenvalue weighted by Crippen LogP contribution is 2.33. The summed E-state index contributed by atoms with van der Waals surface area (Å²) in [4.78, 5) is 11.9. The van der Waals surface area contributed by atoms with Crippen LogP contribution in [0, 0.1) is 0 Å². The van der Waals surface area contributed by atoms with Crippen molar-refractivity contribution in [3.63, 3.8) is 0 Å². The quantitative estimate of drug-likeness (QED) is 0.331. The molecule has 0 fully saturated rings. The van der Waals surface area contributed by atoms with Gasteiger partial charge >= 0.3 is 6.18 Å². The zero-order valence-electron chi connectivity index (χ0n) is 10.9. The SMILES string of the molecule is CC(C/C(N)=N/O)NC(=O)c1ccc(Br)cc1C(F)(F)F. The summed E-state index contributed by atoms with van der Waals surface area (Å²) < 4.78 is 39.0. The maximum Gasteiger partial charge on any atom is 0.417 e. The zero-order chi connectivity index (χ0) is 16.2. The average Bonchev–Trinajstić information content (AvgIpc) is 2.36. The van der Waals surface area contributed by atoms with Gasteiger partial charge in [0, 0.05) is 16.9 Å². The number of hydrogen-bond acceptors (Lipinski definition) is 3. The molecule has 0 bridgehead atoms. The van der Waals surface area contributed by atoms with E-state index in [-0.39, 0.29) is 16.7 Å². The number of carbonyl (C=O) groups is 1. The molecule has 0 aromatic heterocycles. The van der Waals surface area contributed by atoms with Gasteiger partial charge in [0.25, 0.3) is 5.91 Å². The third-order valence-corrected chi connectivity index (χ3v) is 3.05. The first kappa shape index (κ1) is 17.3. The molecule has 1 rings (SSSR count). The maximum absolute atomic E-state index is 12.9. The van der Waals surface area contributed by atoms with Gasteiger partial charge in [0.2, 0.25) is 0 Å². The van der Waals surface area contributed by atoms with Gasteiger partial charge in [0.15, 0.2) is 0 Å². The number of hydrogen-bond donors (Lipinski definition) is 3. The lowest BCUT2D eigenvalue weighted by Crippen LogP contribution is -2.36. The van der Waals surface area contributed by atoms with E-state index in [1.807, 2.05) is 0 Å². The van der Waals surface area contributed by atoms with Crippen LogP contribution in [0.5, 0.6) is 0 Å². The number of rotatable bonds is 4. The highest BCUT2D eigenvalue weighted by atomic mass is 79.9. The monoisotopic (exact) mass is 367 g/mol. The lowest BCUT2D eigenvalue weighted by molar-refractivity contribution is -0.138. The molecule has 1 atom stereocenters. The second-order valence-electron chi connectivity index (χ2n) is 4.36. The predicted octanol–water partition coefficient (Wildman–Crippen LogP) is 2.72. The number of amides is 1. The van der Waals surface area contributed by atoms with Crippen molar-refractivity contribution in [2.75, 3.05) is 0 Å². The fourth-order valence-electron chi connectivity index (χ4n) is 1.66. The van der Waals surface area contributed by atoms with E-state index in [1.54, 1.807) is 0 Å². The van der Waals surface area contributed by atoms with Crippen LogP contribution < -0.4 is 11.1 Å². The number of halogens is 4. The number of alkyl halides is 3. The van der Waals surface area contributed by atoms with Gasteiger partial charge in [-0.25, -0.2) is 0 Å². The van der Waals surface area contributed by atoms with Crippen molar-refractivity contribution in [2.24, 2.45) is 10.9 Å². The number of oxime groups is 1. The first-order valence-corrected chi connectivity index (χ1v) is 6.58. The summed E-state index contributed by atoms with van der Waals surface area (Å²) in [7, 11) is 0. The number of carbonyl (C=O) groups excluding carboxylic acids is 1. The number of benzene rings is 1. The Morgan fingerprint density at radius 1 is 1.52 bits per heavy atom. The fraction of sp³-hybridized carbons (Fsp3) is 0.333. The fourth-order valence-corrected chi connectivity index (χ4v) is 2.02. The van der Waals surface area contributed by atoms with Crippen LogP contribution >= 0.6 is 15.9 Å². The lowest BCUT2D eigenvalue weighted by Gasteiger charge is -2.16. The van der Waals surface area contributed by atoms with Gasteiger partial charge in [0.1, 0.15) is 5.84 Å². The summed E-state index contributed by atoms with van der Waals surface area (Å²) in [5, 5.41) is 13.5. The molecule has 1 unspecified atom stereocenters. The third kappa shape index (κ3) is 4.92. The molecule has 0 saturated heterocycles. The predicted molar refractivity (Wildman–Crippen MR) is 74.1 cm³/mol. The smallest absolute Gasteiger partial charge is 0.409 e. The van der Waals surface area contributed by atoms with Crippen LogP contribution in [0.1, 0.15) is 29.3 Å². The van der Waals surface area contributed by atoms with Crippen LogP contribution in [-0.2, 0) is 6.18 Å². The summed E-state index contributed by atoms with van der Waals surface area (Å²) in [5.74, 6) is -1.01. The van der Waals surface area contributed by atoms with E-state index >= 15 is 0 Å². The summed E-state index contributed by atoms with van der Waals surface area (Å²) in [6.45, 7) is 1.53. The van der Waals surface area contributed by atoms with Crippen LogP contribution in [0.4, 0.5) is 13.2 Å². The van der Waals surface area contributed by atoms with Gasteiger partial charge in [-0.3, -0.25) is 4.79 Å². The van der Waals surface area contributed by atoms with Crippen LogP contribution in [0.25, 0.3) is 0 Å². The summed E-state index contributed by atoms with van der Waals surface area (Å²) in [5.41, 5.74) is 3.74.